The average Bonchev–Trinajstić information content (AvgIpc) is 2.93. The van der Waals surface area contributed by atoms with E-state index in [2.05, 4.69) is 6.92 Å². The number of unbranched alkanes of at least 4 members (excludes halogenated alkanes) is 19. The third-order valence-electron chi connectivity index (χ3n) is 8.57. The van der Waals surface area contributed by atoms with Crippen molar-refractivity contribution in [2.45, 2.75) is 156 Å². The van der Waals surface area contributed by atoms with E-state index in [1.165, 1.54) is 109 Å². The summed E-state index contributed by atoms with van der Waals surface area (Å²) >= 11 is 0. The zero-order valence-corrected chi connectivity index (χ0v) is 27.7. The molecule has 7 nitrogen and oxygen atoms in total. The molecule has 3 N–H and O–H groups in total. The number of carboxylic acid groups (broad SMARTS) is 3. The maximum Gasteiger partial charge on any atom is 0.311 e. The highest BCUT2D eigenvalue weighted by Gasteiger charge is 2.37. The van der Waals surface area contributed by atoms with E-state index in [4.69, 9.17) is 0 Å². The molecule has 3 unspecified atom stereocenters. The van der Waals surface area contributed by atoms with E-state index in [0.29, 0.717) is 0 Å². The predicted octanol–water partition coefficient (Wildman–Crippen LogP) is 9.30. The summed E-state index contributed by atoms with van der Waals surface area (Å²) in [5.74, 6) is -5.04. The van der Waals surface area contributed by atoms with Crippen molar-refractivity contribution in [1.82, 2.24) is 0 Å². The molecule has 246 valence electrons. The van der Waals surface area contributed by atoms with Gasteiger partial charge in [0.25, 0.3) is 0 Å². The molecule has 3 atom stereocenters. The highest BCUT2D eigenvalue weighted by atomic mass is 16.4. The largest absolute Gasteiger partial charge is 0.481 e. The Bertz CT molecular complexity index is 682. The van der Waals surface area contributed by atoms with Crippen molar-refractivity contribution < 1.29 is 34.2 Å². The standard InChI is InChI=1S/C35H65NO6/c1-5-6-7-8-9-10-11-12-13-14-15-16-17-18-19-20-21-22-23-24-25-26-36(27-30(2)33(37)38,28-31(3)34(39)40)29-32(4)35(41)42/h25-26,30-32H,5-24,27-29H2,1-4H3,(H2-,37,38,39,40,41,42)/p+1/b26-25+. The smallest absolute Gasteiger partial charge is 0.311 e. The van der Waals surface area contributed by atoms with Crippen LogP contribution >= 0.6 is 0 Å². The maximum atomic E-state index is 11.6. The minimum atomic E-state index is -0.962. The molecule has 0 aromatic rings. The van der Waals surface area contributed by atoms with Crippen molar-refractivity contribution in [1.29, 1.82) is 0 Å². The van der Waals surface area contributed by atoms with Crippen LogP contribution in [-0.2, 0) is 14.4 Å². The molecule has 42 heavy (non-hydrogen) atoms. The number of hydrogen-bond donors (Lipinski definition) is 3. The summed E-state index contributed by atoms with van der Waals surface area (Å²) in [5.41, 5.74) is 0. The highest BCUT2D eigenvalue weighted by Crippen LogP contribution is 2.22. The van der Waals surface area contributed by atoms with Gasteiger partial charge in [0.15, 0.2) is 0 Å². The molecule has 0 fully saturated rings. The average molecular weight is 597 g/mol. The predicted molar refractivity (Wildman–Crippen MR) is 172 cm³/mol. The van der Waals surface area contributed by atoms with Crippen molar-refractivity contribution in [3.63, 3.8) is 0 Å². The Hall–Kier alpha value is -1.89. The van der Waals surface area contributed by atoms with Gasteiger partial charge in [0.1, 0.15) is 17.8 Å². The van der Waals surface area contributed by atoms with Crippen LogP contribution in [0.2, 0.25) is 0 Å². The van der Waals surface area contributed by atoms with Gasteiger partial charge in [-0.25, -0.2) is 0 Å². The van der Waals surface area contributed by atoms with Crippen LogP contribution in [-0.4, -0.2) is 57.3 Å². The van der Waals surface area contributed by atoms with E-state index >= 15 is 0 Å². The van der Waals surface area contributed by atoms with Crippen molar-refractivity contribution >= 4 is 17.9 Å². The van der Waals surface area contributed by atoms with Crippen LogP contribution < -0.4 is 0 Å². The molecule has 0 aliphatic carbocycles. The second-order valence-electron chi connectivity index (χ2n) is 13.0. The molecule has 0 spiro atoms. The molecule has 0 aromatic heterocycles. The summed E-state index contributed by atoms with van der Waals surface area (Å²) in [6.07, 6.45) is 30.0. The summed E-state index contributed by atoms with van der Waals surface area (Å²) < 4.78 is 0.0491. The van der Waals surface area contributed by atoms with Gasteiger partial charge in [-0.3, -0.25) is 18.9 Å². The third kappa shape index (κ3) is 21.8. The van der Waals surface area contributed by atoms with Crippen LogP contribution in [0.15, 0.2) is 12.3 Å². The van der Waals surface area contributed by atoms with Gasteiger partial charge in [0, 0.05) is 0 Å². The van der Waals surface area contributed by atoms with Crippen LogP contribution in [0.3, 0.4) is 0 Å². The number of nitrogens with zero attached hydrogens (tertiary/aromatic N) is 1. The molecule has 0 saturated heterocycles. The molecular formula is C35H66NO6+. The monoisotopic (exact) mass is 596 g/mol. The molecule has 0 bridgehead atoms. The lowest BCUT2D eigenvalue weighted by molar-refractivity contribution is -0.886. The molecule has 0 amide bonds. The van der Waals surface area contributed by atoms with Gasteiger partial charge < -0.3 is 15.3 Å². The zero-order chi connectivity index (χ0) is 31.6. The number of allylic oxidation sites excluding steroid dienone is 1. The van der Waals surface area contributed by atoms with E-state index in [1.54, 1.807) is 20.8 Å². The lowest BCUT2D eigenvalue weighted by atomic mass is 10.0. The molecule has 0 aliphatic heterocycles. The fourth-order valence-corrected chi connectivity index (χ4v) is 5.92. The second kappa shape index (κ2) is 25.6. The normalized spacial score (nSPS) is 15.3. The quantitative estimate of drug-likeness (QED) is 0.0563. The maximum absolute atomic E-state index is 11.6. The Morgan fingerprint density at radius 3 is 1.02 bits per heavy atom. The minimum absolute atomic E-state index is 0.0491. The molecule has 7 heteroatoms. The lowest BCUT2D eigenvalue weighted by Crippen LogP contribution is -2.53. The fraction of sp³-hybridized carbons (Fsp3) is 0.857. The zero-order valence-electron chi connectivity index (χ0n) is 27.7. The van der Waals surface area contributed by atoms with E-state index in [0.717, 1.165) is 19.3 Å². The summed E-state index contributed by atoms with van der Waals surface area (Å²) in [4.78, 5) is 34.8. The first kappa shape index (κ1) is 40.1. The lowest BCUT2D eigenvalue weighted by Gasteiger charge is -2.38. The van der Waals surface area contributed by atoms with Gasteiger partial charge in [0.2, 0.25) is 0 Å². The number of aliphatic carboxylic acids is 3. The Morgan fingerprint density at radius 2 is 0.762 bits per heavy atom. The first-order chi connectivity index (χ1) is 20.0. The van der Waals surface area contributed by atoms with E-state index in [-0.39, 0.29) is 24.1 Å². The summed E-state index contributed by atoms with van der Waals surface area (Å²) in [5, 5.41) is 28.5. The number of carboxylic acids is 3. The van der Waals surface area contributed by atoms with Crippen LogP contribution in [0, 0.1) is 17.8 Å². The first-order valence-corrected chi connectivity index (χ1v) is 17.3. The van der Waals surface area contributed by atoms with Gasteiger partial charge in [-0.1, -0.05) is 122 Å². The third-order valence-corrected chi connectivity index (χ3v) is 8.57. The van der Waals surface area contributed by atoms with E-state index in [9.17, 15) is 29.7 Å². The minimum Gasteiger partial charge on any atom is -0.481 e. The number of quaternary nitrogens is 1. The Balaban J connectivity index is 4.25. The summed E-state index contributed by atoms with van der Waals surface area (Å²) in [6.45, 7) is 7.56. The molecule has 0 radical (unpaired) electrons. The van der Waals surface area contributed by atoms with Crippen LogP contribution in [0.25, 0.3) is 0 Å². The summed E-state index contributed by atoms with van der Waals surface area (Å²) in [7, 11) is 0. The van der Waals surface area contributed by atoms with Crippen molar-refractivity contribution in [3.05, 3.63) is 12.3 Å². The number of hydrogen-bond acceptors (Lipinski definition) is 3. The Labute approximate surface area is 257 Å². The van der Waals surface area contributed by atoms with Gasteiger partial charge in [-0.15, -0.1) is 0 Å². The van der Waals surface area contributed by atoms with Crippen LogP contribution in [0.4, 0.5) is 0 Å². The molecule has 0 aliphatic rings. The van der Waals surface area contributed by atoms with Crippen LogP contribution in [0.5, 0.6) is 0 Å². The SMILES string of the molecule is CCCCCCCCCCCCCCCCCCCCC/C=C/[N+](CC(C)C(=O)O)(CC(C)C(=O)O)CC(C)C(=O)O. The van der Waals surface area contributed by atoms with Gasteiger partial charge in [0.05, 0.1) is 25.8 Å². The van der Waals surface area contributed by atoms with Gasteiger partial charge in [-0.2, -0.15) is 0 Å². The number of rotatable bonds is 30. The summed E-state index contributed by atoms with van der Waals surface area (Å²) in [6, 6.07) is 0. The van der Waals surface area contributed by atoms with Gasteiger partial charge >= 0.3 is 17.9 Å². The van der Waals surface area contributed by atoms with Crippen LogP contribution in [0.1, 0.15) is 156 Å². The first-order valence-electron chi connectivity index (χ1n) is 17.3. The Morgan fingerprint density at radius 1 is 0.500 bits per heavy atom. The van der Waals surface area contributed by atoms with Crippen molar-refractivity contribution in [3.8, 4) is 0 Å². The Kier molecular flexibility index (Phi) is 24.4. The molecular weight excluding hydrogens is 530 g/mol. The van der Waals surface area contributed by atoms with Crippen molar-refractivity contribution in [2.75, 3.05) is 19.6 Å². The van der Waals surface area contributed by atoms with Gasteiger partial charge in [-0.05, 0) is 39.7 Å². The molecule has 0 aromatic carbocycles. The van der Waals surface area contributed by atoms with E-state index < -0.39 is 35.7 Å². The highest BCUT2D eigenvalue weighted by molar-refractivity contribution is 5.70. The number of carbonyl (C=O) groups is 3. The second-order valence-corrected chi connectivity index (χ2v) is 13.0. The van der Waals surface area contributed by atoms with Crippen molar-refractivity contribution in [2.24, 2.45) is 17.8 Å². The topological polar surface area (TPSA) is 112 Å². The molecule has 0 rings (SSSR count). The fourth-order valence-electron chi connectivity index (χ4n) is 5.92. The molecule has 0 saturated carbocycles. The van der Waals surface area contributed by atoms with E-state index in [1.807, 2.05) is 12.3 Å². The molecule has 0 heterocycles.